The molecule has 0 spiro atoms. The molecule has 1 aromatic carbocycles. The second-order valence-corrected chi connectivity index (χ2v) is 6.83. The van der Waals surface area contributed by atoms with Gasteiger partial charge in [0.1, 0.15) is 11.4 Å². The highest BCUT2D eigenvalue weighted by atomic mass is 16.5. The predicted octanol–water partition coefficient (Wildman–Crippen LogP) is 3.92. The van der Waals surface area contributed by atoms with E-state index in [1.807, 2.05) is 0 Å². The Hall–Kier alpha value is -0.980. The van der Waals surface area contributed by atoms with Crippen LogP contribution in [-0.4, -0.2) is 5.60 Å². The quantitative estimate of drug-likeness (QED) is 0.654. The lowest BCUT2D eigenvalue weighted by Crippen LogP contribution is -2.54. The minimum atomic E-state index is 0.0314. The van der Waals surface area contributed by atoms with E-state index in [2.05, 4.69) is 45.0 Å². The summed E-state index contributed by atoms with van der Waals surface area (Å²) in [5, 5.41) is 0. The summed E-state index contributed by atoms with van der Waals surface area (Å²) in [7, 11) is 0. The van der Waals surface area contributed by atoms with E-state index >= 15 is 0 Å². The van der Waals surface area contributed by atoms with E-state index in [4.69, 9.17) is 4.74 Å². The molecule has 1 heterocycles. The van der Waals surface area contributed by atoms with Crippen molar-refractivity contribution in [3.63, 3.8) is 0 Å². The lowest BCUT2D eigenvalue weighted by molar-refractivity contribution is -0.0260. The van der Waals surface area contributed by atoms with Gasteiger partial charge in [-0.2, -0.15) is 0 Å². The fourth-order valence-electron chi connectivity index (χ4n) is 5.15. The van der Waals surface area contributed by atoms with Gasteiger partial charge in [-0.3, -0.25) is 0 Å². The van der Waals surface area contributed by atoms with Crippen molar-refractivity contribution in [2.45, 2.75) is 51.0 Å². The molecule has 4 atom stereocenters. The molecule has 2 saturated carbocycles. The molecule has 2 fully saturated rings. The average molecular weight is 228 g/mol. The number of fused-ring (bicyclic) bond motifs is 7. The Kier molecular flexibility index (Phi) is 1.50. The molecule has 0 N–H and O–H groups in total. The third-order valence-corrected chi connectivity index (χ3v) is 6.47. The van der Waals surface area contributed by atoms with Gasteiger partial charge in [0.2, 0.25) is 0 Å². The first-order chi connectivity index (χ1) is 8.01. The largest absolute Gasteiger partial charge is 0.486 e. The van der Waals surface area contributed by atoms with Crippen molar-refractivity contribution in [2.75, 3.05) is 0 Å². The van der Waals surface area contributed by atoms with Crippen molar-refractivity contribution in [1.29, 1.82) is 0 Å². The summed E-state index contributed by atoms with van der Waals surface area (Å²) in [4.78, 5) is 0. The molecule has 90 valence electrons. The number of rotatable bonds is 0. The van der Waals surface area contributed by atoms with Crippen LogP contribution in [0.15, 0.2) is 24.3 Å². The normalized spacial score (nSPS) is 49.9. The molecule has 17 heavy (non-hydrogen) atoms. The summed E-state index contributed by atoms with van der Waals surface area (Å²) in [6.45, 7) is 7.27. The zero-order valence-electron chi connectivity index (χ0n) is 10.9. The minimum absolute atomic E-state index is 0.0314. The number of ether oxygens (including phenoxy) is 1. The Labute approximate surface area is 103 Å². The van der Waals surface area contributed by atoms with Gasteiger partial charge in [0.25, 0.3) is 0 Å². The predicted molar refractivity (Wildman–Crippen MR) is 68.3 cm³/mol. The molecule has 2 bridgehead atoms. The van der Waals surface area contributed by atoms with Crippen LogP contribution in [0.1, 0.15) is 45.6 Å². The summed E-state index contributed by atoms with van der Waals surface area (Å²) in [5.74, 6) is 1.88. The zero-order chi connectivity index (χ0) is 11.9. The first-order valence-electron chi connectivity index (χ1n) is 6.80. The Morgan fingerprint density at radius 2 is 1.94 bits per heavy atom. The molecule has 3 aliphatic rings. The second kappa shape index (κ2) is 2.55. The maximum Gasteiger partial charge on any atom is 0.124 e. The summed E-state index contributed by atoms with van der Waals surface area (Å²) >= 11 is 0. The first kappa shape index (κ1) is 9.99. The minimum Gasteiger partial charge on any atom is -0.486 e. The SMILES string of the molecule is CC12CCC(C1)C1(C)Oc3ccccc3C21C. The van der Waals surface area contributed by atoms with Gasteiger partial charge in [-0.1, -0.05) is 32.0 Å². The highest BCUT2D eigenvalue weighted by molar-refractivity contribution is 5.51. The summed E-state index contributed by atoms with van der Waals surface area (Å²) < 4.78 is 6.42. The summed E-state index contributed by atoms with van der Waals surface area (Å²) in [5.41, 5.74) is 2.12. The van der Waals surface area contributed by atoms with Gasteiger partial charge in [-0.25, -0.2) is 0 Å². The molecule has 0 radical (unpaired) electrons. The molecule has 0 aromatic heterocycles. The molecule has 1 heteroatoms. The monoisotopic (exact) mass is 228 g/mol. The van der Waals surface area contributed by atoms with Crippen molar-refractivity contribution in [3.8, 4) is 5.75 Å². The molecule has 2 aliphatic carbocycles. The second-order valence-electron chi connectivity index (χ2n) is 6.83. The van der Waals surface area contributed by atoms with E-state index in [0.29, 0.717) is 5.41 Å². The molecule has 1 aliphatic heterocycles. The Morgan fingerprint density at radius 3 is 2.76 bits per heavy atom. The van der Waals surface area contributed by atoms with Gasteiger partial charge in [0.15, 0.2) is 0 Å². The highest BCUT2D eigenvalue weighted by Crippen LogP contribution is 2.73. The number of benzene rings is 1. The van der Waals surface area contributed by atoms with Crippen molar-refractivity contribution >= 4 is 0 Å². The van der Waals surface area contributed by atoms with Crippen LogP contribution < -0.4 is 4.74 Å². The maximum absolute atomic E-state index is 6.42. The third kappa shape index (κ3) is 0.811. The van der Waals surface area contributed by atoms with Gasteiger partial charge >= 0.3 is 0 Å². The van der Waals surface area contributed by atoms with Gasteiger partial charge < -0.3 is 4.74 Å². The van der Waals surface area contributed by atoms with Gasteiger partial charge in [0, 0.05) is 11.0 Å². The Balaban J connectivity index is 2.02. The average Bonchev–Trinajstić information content (AvgIpc) is 2.85. The first-order valence-corrected chi connectivity index (χ1v) is 6.80. The zero-order valence-corrected chi connectivity index (χ0v) is 10.9. The Morgan fingerprint density at radius 1 is 1.18 bits per heavy atom. The fraction of sp³-hybridized carbons (Fsp3) is 0.625. The van der Waals surface area contributed by atoms with Crippen LogP contribution in [0.3, 0.4) is 0 Å². The third-order valence-electron chi connectivity index (χ3n) is 6.47. The van der Waals surface area contributed by atoms with Crippen LogP contribution in [0.4, 0.5) is 0 Å². The van der Waals surface area contributed by atoms with E-state index in [0.717, 1.165) is 11.7 Å². The van der Waals surface area contributed by atoms with Crippen LogP contribution >= 0.6 is 0 Å². The van der Waals surface area contributed by atoms with Gasteiger partial charge in [-0.05, 0) is 43.6 Å². The van der Waals surface area contributed by atoms with Crippen molar-refractivity contribution in [1.82, 2.24) is 0 Å². The van der Waals surface area contributed by atoms with Gasteiger partial charge in [0.05, 0.1) is 0 Å². The van der Waals surface area contributed by atoms with E-state index in [-0.39, 0.29) is 11.0 Å². The van der Waals surface area contributed by atoms with Crippen LogP contribution in [-0.2, 0) is 5.41 Å². The summed E-state index contributed by atoms with van der Waals surface area (Å²) in [6, 6.07) is 8.69. The molecule has 1 aromatic rings. The fourth-order valence-corrected chi connectivity index (χ4v) is 5.15. The molecular formula is C16H20O. The number of hydrogen-bond acceptors (Lipinski definition) is 1. The summed E-state index contributed by atoms with van der Waals surface area (Å²) in [6.07, 6.45) is 4.05. The van der Waals surface area contributed by atoms with Crippen molar-refractivity contribution in [3.05, 3.63) is 29.8 Å². The molecule has 1 nitrogen and oxygen atoms in total. The lowest BCUT2D eigenvalue weighted by atomic mass is 9.56. The molecular weight excluding hydrogens is 208 g/mol. The highest BCUT2D eigenvalue weighted by Gasteiger charge is 2.73. The lowest BCUT2D eigenvalue weighted by Gasteiger charge is -2.48. The van der Waals surface area contributed by atoms with Crippen molar-refractivity contribution < 1.29 is 4.74 Å². The van der Waals surface area contributed by atoms with Crippen molar-refractivity contribution in [2.24, 2.45) is 11.3 Å². The van der Waals surface area contributed by atoms with E-state index in [1.54, 1.807) is 0 Å². The van der Waals surface area contributed by atoms with E-state index in [1.165, 1.54) is 24.8 Å². The van der Waals surface area contributed by atoms with Crippen LogP contribution in [0.5, 0.6) is 5.75 Å². The Bertz CT molecular complexity index is 508. The standard InChI is InChI=1S/C16H20O/c1-14-9-8-11(10-14)16(3)15(14,2)12-6-4-5-7-13(12)17-16/h4-7,11H,8-10H2,1-3H3. The molecule has 0 saturated heterocycles. The smallest absolute Gasteiger partial charge is 0.124 e. The number of para-hydroxylation sites is 1. The van der Waals surface area contributed by atoms with Crippen LogP contribution in [0.2, 0.25) is 0 Å². The van der Waals surface area contributed by atoms with Gasteiger partial charge in [-0.15, -0.1) is 0 Å². The number of hydrogen-bond donors (Lipinski definition) is 0. The van der Waals surface area contributed by atoms with E-state index < -0.39 is 0 Å². The topological polar surface area (TPSA) is 9.23 Å². The maximum atomic E-state index is 6.42. The molecule has 0 amide bonds. The van der Waals surface area contributed by atoms with E-state index in [9.17, 15) is 0 Å². The van der Waals surface area contributed by atoms with Crippen LogP contribution in [0, 0.1) is 11.3 Å². The molecule has 4 rings (SSSR count). The molecule has 4 unspecified atom stereocenters. The van der Waals surface area contributed by atoms with Crippen LogP contribution in [0.25, 0.3) is 0 Å².